The van der Waals surface area contributed by atoms with Gasteiger partial charge in [0.2, 0.25) is 0 Å². The molecule has 1 saturated heterocycles. The fourth-order valence-electron chi connectivity index (χ4n) is 1.27. The van der Waals surface area contributed by atoms with Crippen molar-refractivity contribution in [2.75, 3.05) is 6.61 Å². The molecule has 0 aromatic carbocycles. The summed E-state index contributed by atoms with van der Waals surface area (Å²) < 4.78 is 4.31. The van der Waals surface area contributed by atoms with Gasteiger partial charge in [0.05, 0.1) is 6.42 Å². The molecule has 0 radical (unpaired) electrons. The van der Waals surface area contributed by atoms with Crippen LogP contribution in [0.5, 0.6) is 0 Å². The third-order valence-corrected chi connectivity index (χ3v) is 2.03. The first-order valence-electron chi connectivity index (χ1n) is 3.72. The van der Waals surface area contributed by atoms with E-state index in [0.717, 1.165) is 0 Å². The number of carboxylic acids is 2. The molecule has 0 amide bonds. The molecule has 2 unspecified atom stereocenters. The van der Waals surface area contributed by atoms with Crippen LogP contribution in [0.3, 0.4) is 0 Å². The molecule has 0 aromatic rings. The number of cyclic esters (lactones) is 1. The van der Waals surface area contributed by atoms with E-state index in [1.807, 2.05) is 0 Å². The number of aliphatic carboxylic acids is 2. The molecule has 14 heavy (non-hydrogen) atoms. The smallest absolute Gasteiger partial charge is 0.339 e. The maximum absolute atomic E-state index is 10.9. The molecule has 0 spiro atoms. The Morgan fingerprint density at radius 2 is 2.07 bits per heavy atom. The van der Waals surface area contributed by atoms with E-state index in [1.165, 1.54) is 0 Å². The van der Waals surface area contributed by atoms with Gasteiger partial charge in [-0.25, -0.2) is 4.79 Å². The Balaban J connectivity index is 2.94. The summed E-state index contributed by atoms with van der Waals surface area (Å²) >= 11 is 0. The van der Waals surface area contributed by atoms with Gasteiger partial charge < -0.3 is 20.1 Å². The number of carboxylic acid groups (broad SMARTS) is 2. The van der Waals surface area contributed by atoms with Crippen LogP contribution in [0.25, 0.3) is 0 Å². The number of rotatable bonds is 3. The van der Waals surface area contributed by atoms with E-state index in [9.17, 15) is 19.5 Å². The standard InChI is InChI=1S/C7H8O7/c8-4(9)1-7(13)3(5(10)11)2-14-6(7)12/h3,13H,1-2H2,(H,8,9)(H,10,11). The lowest BCUT2D eigenvalue weighted by molar-refractivity contribution is -0.165. The zero-order valence-electron chi connectivity index (χ0n) is 6.97. The topological polar surface area (TPSA) is 121 Å². The molecule has 1 aliphatic heterocycles. The number of esters is 1. The van der Waals surface area contributed by atoms with Gasteiger partial charge in [-0.3, -0.25) is 9.59 Å². The Morgan fingerprint density at radius 3 is 2.50 bits per heavy atom. The minimum Gasteiger partial charge on any atom is -0.481 e. The van der Waals surface area contributed by atoms with Crippen LogP contribution in [0.4, 0.5) is 0 Å². The number of hydrogen-bond acceptors (Lipinski definition) is 5. The molecule has 1 aliphatic rings. The summed E-state index contributed by atoms with van der Waals surface area (Å²) in [6, 6.07) is 0. The highest BCUT2D eigenvalue weighted by molar-refractivity contribution is 5.92. The minimum absolute atomic E-state index is 0.502. The van der Waals surface area contributed by atoms with E-state index >= 15 is 0 Å². The first-order valence-corrected chi connectivity index (χ1v) is 3.72. The zero-order valence-corrected chi connectivity index (χ0v) is 6.97. The monoisotopic (exact) mass is 204 g/mol. The Kier molecular flexibility index (Phi) is 2.43. The number of hydrogen-bond donors (Lipinski definition) is 3. The summed E-state index contributed by atoms with van der Waals surface area (Å²) in [5.74, 6) is -5.64. The molecule has 0 aliphatic carbocycles. The van der Waals surface area contributed by atoms with Crippen LogP contribution in [0.15, 0.2) is 0 Å². The van der Waals surface area contributed by atoms with Crippen molar-refractivity contribution in [1.29, 1.82) is 0 Å². The number of ether oxygens (including phenoxy) is 1. The summed E-state index contributed by atoms with van der Waals surface area (Å²) in [6.45, 7) is -0.502. The van der Waals surface area contributed by atoms with Gasteiger partial charge in [-0.1, -0.05) is 0 Å². The van der Waals surface area contributed by atoms with Crippen molar-refractivity contribution in [2.45, 2.75) is 12.0 Å². The third-order valence-electron chi connectivity index (χ3n) is 2.03. The van der Waals surface area contributed by atoms with Gasteiger partial charge >= 0.3 is 17.9 Å². The van der Waals surface area contributed by atoms with E-state index in [-0.39, 0.29) is 0 Å². The highest BCUT2D eigenvalue weighted by atomic mass is 16.6. The number of carbonyl (C=O) groups excluding carboxylic acids is 1. The molecular weight excluding hydrogens is 196 g/mol. The molecule has 7 nitrogen and oxygen atoms in total. The van der Waals surface area contributed by atoms with Crippen LogP contribution < -0.4 is 0 Å². The molecule has 1 heterocycles. The summed E-state index contributed by atoms with van der Waals surface area (Å²) in [6.07, 6.45) is -0.969. The summed E-state index contributed by atoms with van der Waals surface area (Å²) in [5.41, 5.74) is -2.45. The van der Waals surface area contributed by atoms with E-state index in [0.29, 0.717) is 0 Å². The molecule has 0 aromatic heterocycles. The Labute approximate surface area is 77.9 Å². The first-order chi connectivity index (χ1) is 6.38. The lowest BCUT2D eigenvalue weighted by Crippen LogP contribution is -2.46. The van der Waals surface area contributed by atoms with Crippen LogP contribution in [0, 0.1) is 5.92 Å². The molecule has 2 atom stereocenters. The minimum atomic E-state index is -2.45. The molecule has 1 rings (SSSR count). The number of carbonyl (C=O) groups is 3. The second-order valence-electron chi connectivity index (χ2n) is 2.98. The fraction of sp³-hybridized carbons (Fsp3) is 0.571. The molecule has 0 bridgehead atoms. The maximum Gasteiger partial charge on any atom is 0.339 e. The first kappa shape index (κ1) is 10.5. The van der Waals surface area contributed by atoms with E-state index in [1.54, 1.807) is 0 Å². The molecule has 78 valence electrons. The van der Waals surface area contributed by atoms with Crippen molar-refractivity contribution < 1.29 is 34.4 Å². The molecular formula is C7H8O7. The predicted molar refractivity (Wildman–Crippen MR) is 39.3 cm³/mol. The van der Waals surface area contributed by atoms with Gasteiger partial charge in [0.15, 0.2) is 5.60 Å². The van der Waals surface area contributed by atoms with Gasteiger partial charge in [0.25, 0.3) is 0 Å². The summed E-state index contributed by atoms with van der Waals surface area (Å²) in [4.78, 5) is 31.8. The van der Waals surface area contributed by atoms with Crippen LogP contribution in [0.1, 0.15) is 6.42 Å². The molecule has 7 heteroatoms. The Morgan fingerprint density at radius 1 is 1.50 bits per heavy atom. The molecule has 0 saturated carbocycles. The largest absolute Gasteiger partial charge is 0.481 e. The van der Waals surface area contributed by atoms with Crippen molar-refractivity contribution in [2.24, 2.45) is 5.92 Å². The second-order valence-corrected chi connectivity index (χ2v) is 2.98. The predicted octanol–water partition coefficient (Wildman–Crippen LogP) is -1.55. The third kappa shape index (κ3) is 1.53. The number of aliphatic hydroxyl groups is 1. The van der Waals surface area contributed by atoms with Crippen molar-refractivity contribution >= 4 is 17.9 Å². The van der Waals surface area contributed by atoms with Gasteiger partial charge in [-0.15, -0.1) is 0 Å². The average Bonchev–Trinajstić information content (AvgIpc) is 2.26. The zero-order chi connectivity index (χ0) is 10.9. The van der Waals surface area contributed by atoms with Gasteiger partial charge in [0.1, 0.15) is 12.5 Å². The van der Waals surface area contributed by atoms with Crippen LogP contribution >= 0.6 is 0 Å². The molecule has 3 N–H and O–H groups in total. The average molecular weight is 204 g/mol. The van der Waals surface area contributed by atoms with Gasteiger partial charge in [0, 0.05) is 0 Å². The lowest BCUT2D eigenvalue weighted by atomic mass is 9.87. The fourth-order valence-corrected chi connectivity index (χ4v) is 1.27. The second kappa shape index (κ2) is 3.26. The summed E-state index contributed by atoms with van der Waals surface area (Å²) in [5, 5.41) is 26.5. The van der Waals surface area contributed by atoms with E-state index < -0.39 is 42.5 Å². The van der Waals surface area contributed by atoms with Crippen molar-refractivity contribution in [3.05, 3.63) is 0 Å². The van der Waals surface area contributed by atoms with Crippen LogP contribution in [-0.2, 0) is 19.1 Å². The van der Waals surface area contributed by atoms with E-state index in [2.05, 4.69) is 4.74 Å². The van der Waals surface area contributed by atoms with Crippen LogP contribution in [-0.4, -0.2) is 45.4 Å². The van der Waals surface area contributed by atoms with Gasteiger partial charge in [-0.05, 0) is 0 Å². The summed E-state index contributed by atoms with van der Waals surface area (Å²) in [7, 11) is 0. The van der Waals surface area contributed by atoms with Crippen molar-refractivity contribution in [3.63, 3.8) is 0 Å². The maximum atomic E-state index is 10.9. The SMILES string of the molecule is O=C(O)CC1(O)C(=O)OCC1C(=O)O. The Bertz CT molecular complexity index is 296. The molecule has 1 fully saturated rings. The highest BCUT2D eigenvalue weighted by Crippen LogP contribution is 2.30. The van der Waals surface area contributed by atoms with Gasteiger partial charge in [-0.2, -0.15) is 0 Å². The Hall–Kier alpha value is -1.63. The van der Waals surface area contributed by atoms with Crippen molar-refractivity contribution in [3.8, 4) is 0 Å². The van der Waals surface area contributed by atoms with Crippen LogP contribution in [0.2, 0.25) is 0 Å². The normalized spacial score (nSPS) is 31.2. The highest BCUT2D eigenvalue weighted by Gasteiger charge is 2.56. The van der Waals surface area contributed by atoms with Crippen molar-refractivity contribution in [1.82, 2.24) is 0 Å². The van der Waals surface area contributed by atoms with E-state index in [4.69, 9.17) is 10.2 Å². The quantitative estimate of drug-likeness (QED) is 0.475. The lowest BCUT2D eigenvalue weighted by Gasteiger charge is -2.19.